The monoisotopic (exact) mass is 365 g/mol. The number of pyridine rings is 1. The molecule has 1 aromatic heterocycles. The SMILES string of the molecule is Br.C[C@@H](NC(=O)c1ccc(F)nc1)c1ccc2c(c1)CCN2. The molecule has 0 unspecified atom stereocenters. The van der Waals surface area contributed by atoms with Crippen LogP contribution in [0.4, 0.5) is 10.1 Å². The van der Waals surface area contributed by atoms with E-state index in [1.54, 1.807) is 0 Å². The first-order valence-electron chi connectivity index (χ1n) is 6.92. The summed E-state index contributed by atoms with van der Waals surface area (Å²) < 4.78 is 12.8. The molecule has 2 heterocycles. The van der Waals surface area contributed by atoms with Crippen molar-refractivity contribution in [3.63, 3.8) is 0 Å². The lowest BCUT2D eigenvalue weighted by Gasteiger charge is -2.15. The summed E-state index contributed by atoms with van der Waals surface area (Å²) in [6.07, 6.45) is 2.25. The van der Waals surface area contributed by atoms with Gasteiger partial charge in [-0.1, -0.05) is 12.1 Å². The summed E-state index contributed by atoms with van der Waals surface area (Å²) >= 11 is 0. The third-order valence-electron chi connectivity index (χ3n) is 3.68. The molecular formula is C16H17BrFN3O. The number of anilines is 1. The summed E-state index contributed by atoms with van der Waals surface area (Å²) in [6.45, 7) is 2.89. The maximum absolute atomic E-state index is 12.8. The van der Waals surface area contributed by atoms with Gasteiger partial charge in [-0.3, -0.25) is 4.79 Å². The Morgan fingerprint density at radius 2 is 2.18 bits per heavy atom. The first-order valence-corrected chi connectivity index (χ1v) is 6.92. The Labute approximate surface area is 138 Å². The molecule has 1 aliphatic rings. The van der Waals surface area contributed by atoms with Gasteiger partial charge in [-0.25, -0.2) is 4.98 Å². The summed E-state index contributed by atoms with van der Waals surface area (Å²) in [6, 6.07) is 8.65. The Bertz CT molecular complexity index is 676. The highest BCUT2D eigenvalue weighted by Gasteiger charge is 2.15. The van der Waals surface area contributed by atoms with Gasteiger partial charge in [0.1, 0.15) is 0 Å². The zero-order valence-electron chi connectivity index (χ0n) is 12.1. The molecule has 3 rings (SSSR count). The molecule has 0 radical (unpaired) electrons. The van der Waals surface area contributed by atoms with Gasteiger partial charge in [0.05, 0.1) is 11.6 Å². The van der Waals surface area contributed by atoms with Crippen LogP contribution in [0.15, 0.2) is 36.5 Å². The zero-order chi connectivity index (χ0) is 14.8. The van der Waals surface area contributed by atoms with E-state index in [4.69, 9.17) is 0 Å². The number of halogens is 2. The van der Waals surface area contributed by atoms with Gasteiger partial charge in [0.15, 0.2) is 0 Å². The number of amides is 1. The molecule has 2 N–H and O–H groups in total. The average Bonchev–Trinajstić information content (AvgIpc) is 2.95. The number of nitrogens with zero attached hydrogens (tertiary/aromatic N) is 1. The van der Waals surface area contributed by atoms with Crippen LogP contribution >= 0.6 is 17.0 Å². The van der Waals surface area contributed by atoms with E-state index >= 15 is 0 Å². The second-order valence-electron chi connectivity index (χ2n) is 5.16. The molecule has 1 amide bonds. The first-order chi connectivity index (χ1) is 10.1. The van der Waals surface area contributed by atoms with Crippen molar-refractivity contribution in [2.45, 2.75) is 19.4 Å². The number of nitrogens with one attached hydrogen (secondary N) is 2. The molecular weight excluding hydrogens is 349 g/mol. The normalized spacial score (nSPS) is 13.5. The Morgan fingerprint density at radius 3 is 2.91 bits per heavy atom. The highest BCUT2D eigenvalue weighted by Crippen LogP contribution is 2.25. The van der Waals surface area contributed by atoms with Crippen molar-refractivity contribution < 1.29 is 9.18 Å². The van der Waals surface area contributed by atoms with Crippen LogP contribution in [0.3, 0.4) is 0 Å². The summed E-state index contributed by atoms with van der Waals surface area (Å²) in [4.78, 5) is 15.6. The fourth-order valence-corrected chi connectivity index (χ4v) is 2.47. The number of rotatable bonds is 3. The molecule has 6 heteroatoms. The van der Waals surface area contributed by atoms with Gasteiger partial charge < -0.3 is 10.6 Å². The van der Waals surface area contributed by atoms with Gasteiger partial charge in [-0.15, -0.1) is 17.0 Å². The number of hydrogen-bond donors (Lipinski definition) is 2. The van der Waals surface area contributed by atoms with Crippen molar-refractivity contribution in [3.05, 3.63) is 59.2 Å². The van der Waals surface area contributed by atoms with Gasteiger partial charge in [0.25, 0.3) is 5.91 Å². The molecule has 0 fully saturated rings. The number of aromatic nitrogens is 1. The highest BCUT2D eigenvalue weighted by molar-refractivity contribution is 8.93. The third-order valence-corrected chi connectivity index (χ3v) is 3.68. The zero-order valence-corrected chi connectivity index (χ0v) is 13.8. The number of benzene rings is 1. The van der Waals surface area contributed by atoms with Crippen LogP contribution in [0.25, 0.3) is 0 Å². The van der Waals surface area contributed by atoms with Crippen LogP contribution in [0.5, 0.6) is 0 Å². The van der Waals surface area contributed by atoms with Crippen LogP contribution in [0.2, 0.25) is 0 Å². The molecule has 22 heavy (non-hydrogen) atoms. The van der Waals surface area contributed by atoms with Crippen LogP contribution < -0.4 is 10.6 Å². The van der Waals surface area contributed by atoms with Gasteiger partial charge >= 0.3 is 0 Å². The van der Waals surface area contributed by atoms with E-state index in [0.717, 1.165) is 18.5 Å². The second-order valence-corrected chi connectivity index (χ2v) is 5.16. The molecule has 1 atom stereocenters. The van der Waals surface area contributed by atoms with E-state index < -0.39 is 5.95 Å². The quantitative estimate of drug-likeness (QED) is 0.820. The summed E-state index contributed by atoms with van der Waals surface area (Å²) in [7, 11) is 0. The lowest BCUT2D eigenvalue weighted by molar-refractivity contribution is 0.0939. The Morgan fingerprint density at radius 1 is 1.36 bits per heavy atom. The summed E-state index contributed by atoms with van der Waals surface area (Å²) in [5.41, 5.74) is 3.85. The van der Waals surface area contributed by atoms with Crippen molar-refractivity contribution in [1.82, 2.24) is 10.3 Å². The molecule has 116 valence electrons. The van der Waals surface area contributed by atoms with Crippen LogP contribution in [0, 0.1) is 5.95 Å². The maximum atomic E-state index is 12.8. The molecule has 0 spiro atoms. The number of fused-ring (bicyclic) bond motifs is 1. The fraction of sp³-hybridized carbons (Fsp3) is 0.250. The van der Waals surface area contributed by atoms with Crippen molar-refractivity contribution >= 4 is 28.6 Å². The minimum Gasteiger partial charge on any atom is -0.384 e. The average molecular weight is 366 g/mol. The number of hydrogen-bond acceptors (Lipinski definition) is 3. The Hall–Kier alpha value is -1.95. The molecule has 0 saturated carbocycles. The van der Waals surface area contributed by atoms with Gasteiger partial charge in [-0.2, -0.15) is 4.39 Å². The minimum atomic E-state index is -0.592. The predicted molar refractivity (Wildman–Crippen MR) is 89.0 cm³/mol. The smallest absolute Gasteiger partial charge is 0.253 e. The predicted octanol–water partition coefficient (Wildman–Crippen LogP) is 3.26. The van der Waals surface area contributed by atoms with E-state index in [0.29, 0.717) is 5.56 Å². The highest BCUT2D eigenvalue weighted by atomic mass is 79.9. The van der Waals surface area contributed by atoms with Crippen LogP contribution in [0.1, 0.15) is 34.5 Å². The molecule has 1 aliphatic heterocycles. The van der Waals surface area contributed by atoms with E-state index in [1.165, 1.54) is 29.6 Å². The third kappa shape index (κ3) is 3.44. The Balaban J connectivity index is 0.00000176. The fourth-order valence-electron chi connectivity index (χ4n) is 2.47. The summed E-state index contributed by atoms with van der Waals surface area (Å²) in [5, 5.41) is 6.21. The van der Waals surface area contributed by atoms with Crippen molar-refractivity contribution in [2.75, 3.05) is 11.9 Å². The van der Waals surface area contributed by atoms with Crippen molar-refractivity contribution in [1.29, 1.82) is 0 Å². The van der Waals surface area contributed by atoms with E-state index in [9.17, 15) is 9.18 Å². The molecule has 0 aliphatic carbocycles. The van der Waals surface area contributed by atoms with E-state index in [1.807, 2.05) is 19.1 Å². The molecule has 0 bridgehead atoms. The molecule has 1 aromatic carbocycles. The largest absolute Gasteiger partial charge is 0.384 e. The maximum Gasteiger partial charge on any atom is 0.253 e. The minimum absolute atomic E-state index is 0. The van der Waals surface area contributed by atoms with Gasteiger partial charge in [0.2, 0.25) is 5.95 Å². The Kier molecular flexibility index (Phi) is 5.13. The number of carbonyl (C=O) groups is 1. The van der Waals surface area contributed by atoms with E-state index in [-0.39, 0.29) is 28.9 Å². The molecule has 2 aromatic rings. The second kappa shape index (κ2) is 6.87. The molecule has 4 nitrogen and oxygen atoms in total. The lowest BCUT2D eigenvalue weighted by atomic mass is 10.0. The number of carbonyl (C=O) groups excluding carboxylic acids is 1. The van der Waals surface area contributed by atoms with Crippen LogP contribution in [-0.4, -0.2) is 17.4 Å². The first kappa shape index (κ1) is 16.4. The standard InChI is InChI=1S/C16H16FN3O.BrH/c1-10(11-2-4-14-12(8-11)6-7-18-14)20-16(21)13-3-5-15(17)19-9-13;/h2-5,8-10,18H,6-7H2,1H3,(H,20,21);1H/t10-;/m1./s1. The van der Waals surface area contributed by atoms with Gasteiger partial charge in [0, 0.05) is 18.4 Å². The van der Waals surface area contributed by atoms with Gasteiger partial charge in [-0.05, 0) is 42.7 Å². The van der Waals surface area contributed by atoms with E-state index in [2.05, 4.69) is 21.7 Å². The van der Waals surface area contributed by atoms with Crippen molar-refractivity contribution in [2.24, 2.45) is 0 Å². The van der Waals surface area contributed by atoms with Crippen LogP contribution in [-0.2, 0) is 6.42 Å². The van der Waals surface area contributed by atoms with Crippen molar-refractivity contribution in [3.8, 4) is 0 Å². The molecule has 0 saturated heterocycles. The topological polar surface area (TPSA) is 54.0 Å². The summed E-state index contributed by atoms with van der Waals surface area (Å²) in [5.74, 6) is -0.848. The lowest BCUT2D eigenvalue weighted by Crippen LogP contribution is -2.26.